The molecule has 1 atom stereocenters. The Morgan fingerprint density at radius 1 is 1.33 bits per heavy atom. The van der Waals surface area contributed by atoms with Crippen molar-refractivity contribution >= 4 is 23.2 Å². The van der Waals surface area contributed by atoms with Crippen molar-refractivity contribution in [2.45, 2.75) is 6.04 Å². The standard InChI is InChI=1S/C12H10Cl2FN3/c1-16-11(8-2-3-17-6-10(8)15)12-9(14)4-7(13)5-18-12/h2-6,11,16H,1H3. The van der Waals surface area contributed by atoms with E-state index >= 15 is 0 Å². The monoisotopic (exact) mass is 285 g/mol. The van der Waals surface area contributed by atoms with E-state index in [0.29, 0.717) is 21.3 Å². The fourth-order valence-electron chi connectivity index (χ4n) is 1.70. The zero-order chi connectivity index (χ0) is 13.1. The van der Waals surface area contributed by atoms with Crippen LogP contribution >= 0.6 is 23.2 Å². The molecule has 2 aromatic heterocycles. The highest BCUT2D eigenvalue weighted by Crippen LogP contribution is 2.29. The van der Waals surface area contributed by atoms with Crippen LogP contribution in [-0.2, 0) is 0 Å². The van der Waals surface area contributed by atoms with Gasteiger partial charge in [-0.15, -0.1) is 0 Å². The third-order valence-corrected chi connectivity index (χ3v) is 3.02. The van der Waals surface area contributed by atoms with Gasteiger partial charge in [-0.25, -0.2) is 4.39 Å². The summed E-state index contributed by atoms with van der Waals surface area (Å²) in [6, 6.07) is 2.72. The lowest BCUT2D eigenvalue weighted by Crippen LogP contribution is -2.20. The zero-order valence-corrected chi connectivity index (χ0v) is 11.0. The molecule has 2 rings (SSSR count). The minimum absolute atomic E-state index is 0.387. The van der Waals surface area contributed by atoms with Crippen LogP contribution in [0.2, 0.25) is 10.0 Å². The van der Waals surface area contributed by atoms with Gasteiger partial charge in [0, 0.05) is 18.0 Å². The number of hydrogen-bond donors (Lipinski definition) is 1. The smallest absolute Gasteiger partial charge is 0.146 e. The van der Waals surface area contributed by atoms with Crippen molar-refractivity contribution in [1.82, 2.24) is 15.3 Å². The molecule has 0 aliphatic rings. The molecule has 0 aliphatic carbocycles. The van der Waals surface area contributed by atoms with Crippen molar-refractivity contribution in [3.63, 3.8) is 0 Å². The number of rotatable bonds is 3. The molecular weight excluding hydrogens is 276 g/mol. The molecular formula is C12H10Cl2FN3. The van der Waals surface area contributed by atoms with Crippen LogP contribution in [0.4, 0.5) is 4.39 Å². The molecule has 18 heavy (non-hydrogen) atoms. The van der Waals surface area contributed by atoms with Crippen LogP contribution in [-0.4, -0.2) is 17.0 Å². The Kier molecular flexibility index (Phi) is 4.11. The van der Waals surface area contributed by atoms with Gasteiger partial charge in [0.25, 0.3) is 0 Å². The van der Waals surface area contributed by atoms with Crippen molar-refractivity contribution < 1.29 is 4.39 Å². The first-order chi connectivity index (χ1) is 8.63. The first kappa shape index (κ1) is 13.2. The summed E-state index contributed by atoms with van der Waals surface area (Å²) in [6.45, 7) is 0. The van der Waals surface area contributed by atoms with E-state index in [1.165, 1.54) is 12.4 Å². The SMILES string of the molecule is CNC(c1ccncc1F)c1ncc(Cl)cc1Cl. The Labute approximate surface area is 114 Å². The van der Waals surface area contributed by atoms with Crippen LogP contribution < -0.4 is 5.32 Å². The average molecular weight is 286 g/mol. The van der Waals surface area contributed by atoms with Crippen molar-refractivity contribution in [3.8, 4) is 0 Å². The lowest BCUT2D eigenvalue weighted by atomic mass is 10.0. The number of halogens is 3. The first-order valence-electron chi connectivity index (χ1n) is 5.21. The third-order valence-electron chi connectivity index (χ3n) is 2.51. The van der Waals surface area contributed by atoms with Crippen molar-refractivity contribution in [2.24, 2.45) is 0 Å². The molecule has 2 heterocycles. The number of nitrogens with one attached hydrogen (secondary N) is 1. The predicted octanol–water partition coefficient (Wildman–Crippen LogP) is 3.23. The van der Waals surface area contributed by atoms with E-state index in [0.717, 1.165) is 6.20 Å². The maximum atomic E-state index is 13.7. The number of aromatic nitrogens is 2. The highest BCUT2D eigenvalue weighted by atomic mass is 35.5. The number of nitrogens with zero attached hydrogens (tertiary/aromatic N) is 2. The Balaban J connectivity index is 2.49. The maximum Gasteiger partial charge on any atom is 0.146 e. The van der Waals surface area contributed by atoms with Crippen LogP contribution in [0, 0.1) is 5.82 Å². The normalized spacial score (nSPS) is 12.4. The molecule has 6 heteroatoms. The van der Waals surface area contributed by atoms with E-state index in [1.807, 2.05) is 0 Å². The lowest BCUT2D eigenvalue weighted by molar-refractivity contribution is 0.565. The summed E-state index contributed by atoms with van der Waals surface area (Å²) in [6.07, 6.45) is 4.16. The molecule has 1 N–H and O–H groups in total. The summed E-state index contributed by atoms with van der Waals surface area (Å²) < 4.78 is 13.7. The van der Waals surface area contributed by atoms with Gasteiger partial charge in [-0.2, -0.15) is 0 Å². The molecule has 0 aliphatic heterocycles. The fraction of sp³-hybridized carbons (Fsp3) is 0.167. The van der Waals surface area contributed by atoms with Gasteiger partial charge in [0.2, 0.25) is 0 Å². The van der Waals surface area contributed by atoms with E-state index < -0.39 is 11.9 Å². The molecule has 3 nitrogen and oxygen atoms in total. The van der Waals surface area contributed by atoms with E-state index in [1.54, 1.807) is 19.2 Å². The minimum atomic E-state index is -0.447. The third kappa shape index (κ3) is 2.61. The number of hydrogen-bond acceptors (Lipinski definition) is 3. The fourth-order valence-corrected chi connectivity index (χ4v) is 2.19. The van der Waals surface area contributed by atoms with Crippen LogP contribution in [0.15, 0.2) is 30.7 Å². The van der Waals surface area contributed by atoms with E-state index in [9.17, 15) is 4.39 Å². The first-order valence-corrected chi connectivity index (χ1v) is 5.96. The van der Waals surface area contributed by atoms with Gasteiger partial charge in [0.15, 0.2) is 0 Å². The molecule has 0 saturated heterocycles. The second-order valence-electron chi connectivity index (χ2n) is 3.64. The van der Waals surface area contributed by atoms with Gasteiger partial charge in [-0.05, 0) is 19.2 Å². The maximum absolute atomic E-state index is 13.7. The van der Waals surface area contributed by atoms with Gasteiger partial charge in [0.1, 0.15) is 5.82 Å². The molecule has 0 saturated carbocycles. The quantitative estimate of drug-likeness (QED) is 0.941. The molecule has 0 radical (unpaired) electrons. The van der Waals surface area contributed by atoms with Gasteiger partial charge in [0.05, 0.1) is 28.0 Å². The second kappa shape index (κ2) is 5.61. The van der Waals surface area contributed by atoms with E-state index in [4.69, 9.17) is 23.2 Å². The van der Waals surface area contributed by atoms with Gasteiger partial charge in [-0.3, -0.25) is 9.97 Å². The van der Waals surface area contributed by atoms with Crippen LogP contribution in [0.5, 0.6) is 0 Å². The Morgan fingerprint density at radius 2 is 2.11 bits per heavy atom. The largest absolute Gasteiger partial charge is 0.308 e. The second-order valence-corrected chi connectivity index (χ2v) is 4.48. The van der Waals surface area contributed by atoms with E-state index in [2.05, 4.69) is 15.3 Å². The summed E-state index contributed by atoms with van der Waals surface area (Å²) in [4.78, 5) is 7.87. The summed E-state index contributed by atoms with van der Waals surface area (Å²) in [5.41, 5.74) is 0.956. The van der Waals surface area contributed by atoms with Crippen molar-refractivity contribution in [1.29, 1.82) is 0 Å². The van der Waals surface area contributed by atoms with Gasteiger partial charge in [-0.1, -0.05) is 23.2 Å². The summed E-state index contributed by atoms with van der Waals surface area (Å²) in [5, 5.41) is 3.80. The highest BCUT2D eigenvalue weighted by Gasteiger charge is 2.20. The van der Waals surface area contributed by atoms with E-state index in [-0.39, 0.29) is 0 Å². The van der Waals surface area contributed by atoms with Crippen LogP contribution in [0.3, 0.4) is 0 Å². The molecule has 94 valence electrons. The molecule has 1 unspecified atom stereocenters. The van der Waals surface area contributed by atoms with Crippen molar-refractivity contribution in [3.05, 3.63) is 57.8 Å². The van der Waals surface area contributed by atoms with Gasteiger partial charge >= 0.3 is 0 Å². The molecule has 0 amide bonds. The summed E-state index contributed by atoms with van der Waals surface area (Å²) in [7, 11) is 1.71. The molecule has 0 bridgehead atoms. The highest BCUT2D eigenvalue weighted by molar-refractivity contribution is 6.34. The lowest BCUT2D eigenvalue weighted by Gasteiger charge is -2.17. The van der Waals surface area contributed by atoms with Crippen LogP contribution in [0.25, 0.3) is 0 Å². The Hall–Kier alpha value is -1.23. The van der Waals surface area contributed by atoms with Crippen LogP contribution in [0.1, 0.15) is 17.3 Å². The predicted molar refractivity (Wildman–Crippen MR) is 69.4 cm³/mol. The molecule has 0 spiro atoms. The summed E-state index contributed by atoms with van der Waals surface area (Å²) in [5.74, 6) is -0.412. The summed E-state index contributed by atoms with van der Waals surface area (Å²) >= 11 is 11.9. The molecule has 0 fully saturated rings. The Morgan fingerprint density at radius 3 is 2.72 bits per heavy atom. The number of pyridine rings is 2. The Bertz CT molecular complexity index is 563. The molecule has 2 aromatic rings. The van der Waals surface area contributed by atoms with Gasteiger partial charge < -0.3 is 5.32 Å². The molecule has 0 aromatic carbocycles. The van der Waals surface area contributed by atoms with Crippen molar-refractivity contribution in [2.75, 3.05) is 7.05 Å². The topological polar surface area (TPSA) is 37.8 Å². The zero-order valence-electron chi connectivity index (χ0n) is 9.49. The average Bonchev–Trinajstić information content (AvgIpc) is 2.34. The minimum Gasteiger partial charge on any atom is -0.308 e.